The quantitative estimate of drug-likeness (QED) is 0.773. The van der Waals surface area contributed by atoms with Gasteiger partial charge in [-0.3, -0.25) is 4.79 Å². The topological polar surface area (TPSA) is 55.1 Å². The lowest BCUT2D eigenvalue weighted by atomic mass is 10.2. The average molecular weight is 282 g/mol. The summed E-state index contributed by atoms with van der Waals surface area (Å²) < 4.78 is 0.849. The minimum absolute atomic E-state index is 0.0979. The fraction of sp³-hybridized carbons (Fsp3) is 0.0625. The van der Waals surface area contributed by atoms with Crippen LogP contribution in [0.4, 0.5) is 11.4 Å². The fourth-order valence-electron chi connectivity index (χ4n) is 2.14. The normalized spacial score (nSPS) is 10.6. The van der Waals surface area contributed by atoms with Gasteiger partial charge in [-0.1, -0.05) is 59.9 Å². The van der Waals surface area contributed by atoms with Gasteiger partial charge >= 0.3 is 0 Å². The molecule has 3 N–H and O–H groups in total. The Hall–Kier alpha value is -2.33. The van der Waals surface area contributed by atoms with Gasteiger partial charge in [0.05, 0.1) is 5.69 Å². The zero-order chi connectivity index (χ0) is 13.9. The molecule has 0 aliphatic heterocycles. The molecule has 0 aliphatic rings. The second kappa shape index (κ2) is 5.35. The Bertz CT molecular complexity index is 796. The van der Waals surface area contributed by atoms with E-state index in [4.69, 9.17) is 5.73 Å². The van der Waals surface area contributed by atoms with Gasteiger partial charge in [-0.2, -0.15) is 0 Å². The van der Waals surface area contributed by atoms with Crippen LogP contribution in [0.1, 0.15) is 5.56 Å². The molecule has 3 rings (SSSR count). The predicted octanol–water partition coefficient (Wildman–Crippen LogP) is 3.46. The van der Waals surface area contributed by atoms with Gasteiger partial charge in [0, 0.05) is 16.6 Å². The molecule has 0 atom stereocenters. The lowest BCUT2D eigenvalue weighted by molar-refractivity contribution is 1.16. The van der Waals surface area contributed by atoms with Gasteiger partial charge in [0.15, 0.2) is 0 Å². The summed E-state index contributed by atoms with van der Waals surface area (Å²) in [5, 5.41) is 4.29. The summed E-state index contributed by atoms with van der Waals surface area (Å²) in [5.74, 6) is 0. The lowest BCUT2D eigenvalue weighted by Gasteiger charge is -2.11. The van der Waals surface area contributed by atoms with E-state index in [1.165, 1.54) is 11.3 Å². The number of nitrogens with two attached hydrogens (primary N) is 1. The first-order chi connectivity index (χ1) is 9.75. The highest BCUT2D eigenvalue weighted by Gasteiger charge is 2.09. The summed E-state index contributed by atoms with van der Waals surface area (Å²) in [6, 6.07) is 17.8. The molecule has 0 spiro atoms. The third kappa shape index (κ3) is 2.38. The number of rotatable bonds is 3. The van der Waals surface area contributed by atoms with Crippen molar-refractivity contribution in [3.05, 3.63) is 69.7 Å². The first kappa shape index (κ1) is 12.7. The molecule has 3 nitrogen and oxygen atoms in total. The van der Waals surface area contributed by atoms with Gasteiger partial charge < -0.3 is 11.1 Å². The van der Waals surface area contributed by atoms with E-state index in [9.17, 15) is 4.79 Å². The Kier molecular flexibility index (Phi) is 3.39. The molecular weight excluding hydrogens is 268 g/mol. The van der Waals surface area contributed by atoms with Crippen molar-refractivity contribution in [2.24, 2.45) is 0 Å². The molecule has 0 bridgehead atoms. The van der Waals surface area contributed by atoms with Gasteiger partial charge in [0.25, 0.3) is 4.74 Å². The highest BCUT2D eigenvalue weighted by atomic mass is 32.1. The van der Waals surface area contributed by atoms with E-state index in [1.807, 2.05) is 54.6 Å². The van der Waals surface area contributed by atoms with Crippen LogP contribution in [0, 0.1) is 0 Å². The van der Waals surface area contributed by atoms with E-state index < -0.39 is 0 Å². The number of nitrogen functional groups attached to an aromatic ring is 1. The van der Waals surface area contributed by atoms with Gasteiger partial charge in [-0.05, 0) is 11.6 Å². The third-order valence-corrected chi connectivity index (χ3v) is 4.14. The van der Waals surface area contributed by atoms with E-state index in [2.05, 4.69) is 5.32 Å². The number of hydrogen-bond acceptors (Lipinski definition) is 4. The van der Waals surface area contributed by atoms with Crippen LogP contribution in [0.3, 0.4) is 0 Å². The first-order valence-electron chi connectivity index (χ1n) is 6.35. The minimum atomic E-state index is -0.0979. The molecule has 3 aromatic rings. The average Bonchev–Trinajstić information content (AvgIpc) is 2.49. The van der Waals surface area contributed by atoms with E-state index >= 15 is 0 Å². The Morgan fingerprint density at radius 2 is 1.70 bits per heavy atom. The van der Waals surface area contributed by atoms with Crippen molar-refractivity contribution in [3.8, 4) is 0 Å². The molecule has 100 valence electrons. The van der Waals surface area contributed by atoms with Gasteiger partial charge in [0.1, 0.15) is 5.69 Å². The molecule has 20 heavy (non-hydrogen) atoms. The van der Waals surface area contributed by atoms with E-state index in [0.29, 0.717) is 12.2 Å². The standard InChI is InChI=1S/C16H14N2OS/c17-14-15(18-10-11-6-2-1-3-7-11)12-8-4-5-9-13(12)20-16(14)19/h1-9,18H,10,17H2. The lowest BCUT2D eigenvalue weighted by Crippen LogP contribution is -2.10. The van der Waals surface area contributed by atoms with Crippen molar-refractivity contribution in [3.63, 3.8) is 0 Å². The number of fused-ring (bicyclic) bond motifs is 1. The first-order valence-corrected chi connectivity index (χ1v) is 7.16. The summed E-state index contributed by atoms with van der Waals surface area (Å²) in [4.78, 5) is 11.9. The predicted molar refractivity (Wildman–Crippen MR) is 86.3 cm³/mol. The zero-order valence-electron chi connectivity index (χ0n) is 10.8. The van der Waals surface area contributed by atoms with Crippen LogP contribution in [-0.4, -0.2) is 0 Å². The Labute approximate surface area is 120 Å². The molecule has 0 unspecified atom stereocenters. The molecule has 1 heterocycles. The van der Waals surface area contributed by atoms with E-state index in [1.54, 1.807) is 0 Å². The molecule has 0 amide bonds. The van der Waals surface area contributed by atoms with Crippen LogP contribution < -0.4 is 15.8 Å². The molecule has 1 aromatic heterocycles. The smallest absolute Gasteiger partial charge is 0.257 e. The molecule has 0 radical (unpaired) electrons. The van der Waals surface area contributed by atoms with E-state index in [0.717, 1.165) is 21.3 Å². The Balaban J connectivity index is 2.02. The summed E-state index contributed by atoms with van der Waals surface area (Å²) in [7, 11) is 0. The van der Waals surface area contributed by atoms with Crippen molar-refractivity contribution in [2.45, 2.75) is 6.54 Å². The maximum Gasteiger partial charge on any atom is 0.257 e. The van der Waals surface area contributed by atoms with Crippen molar-refractivity contribution in [1.82, 2.24) is 0 Å². The minimum Gasteiger partial charge on any atom is -0.393 e. The van der Waals surface area contributed by atoms with Crippen LogP contribution in [0.2, 0.25) is 0 Å². The monoisotopic (exact) mass is 282 g/mol. The fourth-order valence-corrected chi connectivity index (χ4v) is 2.98. The van der Waals surface area contributed by atoms with Crippen LogP contribution >= 0.6 is 11.3 Å². The second-order valence-corrected chi connectivity index (χ2v) is 5.53. The number of nitrogens with one attached hydrogen (secondary N) is 1. The second-order valence-electron chi connectivity index (χ2n) is 4.51. The van der Waals surface area contributed by atoms with Crippen LogP contribution in [0.15, 0.2) is 59.4 Å². The summed E-state index contributed by atoms with van der Waals surface area (Å²) in [6.07, 6.45) is 0. The number of benzene rings is 2. The van der Waals surface area contributed by atoms with Crippen LogP contribution in [0.25, 0.3) is 10.1 Å². The van der Waals surface area contributed by atoms with E-state index in [-0.39, 0.29) is 4.74 Å². The third-order valence-electron chi connectivity index (χ3n) is 3.16. The summed E-state index contributed by atoms with van der Waals surface area (Å²) in [5.41, 5.74) is 8.12. The molecule has 0 saturated heterocycles. The van der Waals surface area contributed by atoms with Crippen molar-refractivity contribution < 1.29 is 0 Å². The van der Waals surface area contributed by atoms with Crippen molar-refractivity contribution in [2.75, 3.05) is 11.1 Å². The van der Waals surface area contributed by atoms with Gasteiger partial charge in [0.2, 0.25) is 0 Å². The Morgan fingerprint density at radius 1 is 1.00 bits per heavy atom. The highest BCUT2D eigenvalue weighted by Crippen LogP contribution is 2.29. The van der Waals surface area contributed by atoms with Gasteiger partial charge in [-0.15, -0.1) is 0 Å². The largest absolute Gasteiger partial charge is 0.393 e. The van der Waals surface area contributed by atoms with Crippen molar-refractivity contribution in [1.29, 1.82) is 0 Å². The maximum absolute atomic E-state index is 11.9. The van der Waals surface area contributed by atoms with Crippen LogP contribution in [0.5, 0.6) is 0 Å². The zero-order valence-corrected chi connectivity index (χ0v) is 11.6. The number of anilines is 2. The molecule has 0 saturated carbocycles. The summed E-state index contributed by atoms with van der Waals surface area (Å²) in [6.45, 7) is 0.642. The molecule has 2 aromatic carbocycles. The molecule has 0 fully saturated rings. The number of hydrogen-bond donors (Lipinski definition) is 2. The summed E-state index contributed by atoms with van der Waals surface area (Å²) >= 11 is 1.18. The van der Waals surface area contributed by atoms with Crippen LogP contribution in [-0.2, 0) is 6.54 Å². The molecule has 4 heteroatoms. The molecular formula is C16H14N2OS. The Morgan fingerprint density at radius 3 is 2.50 bits per heavy atom. The highest BCUT2D eigenvalue weighted by molar-refractivity contribution is 7.16. The molecule has 0 aliphatic carbocycles. The maximum atomic E-state index is 11.9. The van der Waals surface area contributed by atoms with Crippen molar-refractivity contribution >= 4 is 32.8 Å². The SMILES string of the molecule is Nc1c(NCc2ccccc2)c2ccccc2sc1=O. The van der Waals surface area contributed by atoms with Gasteiger partial charge in [-0.25, -0.2) is 0 Å².